The lowest BCUT2D eigenvalue weighted by molar-refractivity contribution is 0.711. The van der Waals surface area contributed by atoms with Crippen LogP contribution in [0.1, 0.15) is 22.7 Å². The molecule has 1 aliphatic rings. The van der Waals surface area contributed by atoms with E-state index in [4.69, 9.17) is 11.5 Å². The van der Waals surface area contributed by atoms with Gasteiger partial charge in [0, 0.05) is 25.1 Å². The van der Waals surface area contributed by atoms with Crippen molar-refractivity contribution < 1.29 is 0 Å². The molecule has 20 heavy (non-hydrogen) atoms. The monoisotopic (exact) mass is 269 g/mol. The van der Waals surface area contributed by atoms with Crippen LogP contribution in [0.4, 0.5) is 11.8 Å². The van der Waals surface area contributed by atoms with Crippen molar-refractivity contribution >= 4 is 11.8 Å². The van der Waals surface area contributed by atoms with Gasteiger partial charge in [0.2, 0.25) is 5.95 Å². The fourth-order valence-corrected chi connectivity index (χ4v) is 2.73. The standard InChI is InChI=1S/C15H19N5/c16-5-6-18-15-19-13(9-14(17)20-15)12-7-10-3-1-2-4-11(10)8-12/h1-4,9,12H,5-8,16H2,(H3,17,18,19,20). The molecule has 0 aliphatic heterocycles. The van der Waals surface area contributed by atoms with Crippen molar-refractivity contribution in [3.63, 3.8) is 0 Å². The minimum absolute atomic E-state index is 0.385. The second-order valence-corrected chi connectivity index (χ2v) is 5.13. The highest BCUT2D eigenvalue weighted by Crippen LogP contribution is 2.33. The first-order valence-electron chi connectivity index (χ1n) is 6.91. The minimum Gasteiger partial charge on any atom is -0.384 e. The largest absolute Gasteiger partial charge is 0.384 e. The van der Waals surface area contributed by atoms with Crippen LogP contribution < -0.4 is 16.8 Å². The summed E-state index contributed by atoms with van der Waals surface area (Å²) in [6.45, 7) is 1.19. The van der Waals surface area contributed by atoms with Crippen LogP contribution in [-0.2, 0) is 12.8 Å². The summed E-state index contributed by atoms with van der Waals surface area (Å²) in [5, 5.41) is 3.09. The van der Waals surface area contributed by atoms with Gasteiger partial charge in [0.05, 0.1) is 5.69 Å². The topological polar surface area (TPSA) is 89.8 Å². The molecule has 0 spiro atoms. The average Bonchev–Trinajstić information content (AvgIpc) is 2.88. The molecule has 0 atom stereocenters. The Bertz CT molecular complexity index is 586. The highest BCUT2D eigenvalue weighted by Gasteiger charge is 2.24. The summed E-state index contributed by atoms with van der Waals surface area (Å²) in [6, 6.07) is 10.4. The summed E-state index contributed by atoms with van der Waals surface area (Å²) in [5.74, 6) is 1.46. The molecule has 0 amide bonds. The van der Waals surface area contributed by atoms with Crippen LogP contribution in [0.5, 0.6) is 0 Å². The highest BCUT2D eigenvalue weighted by atomic mass is 15.1. The Labute approximate surface area is 118 Å². The van der Waals surface area contributed by atoms with Gasteiger partial charge in [-0.05, 0) is 24.0 Å². The Balaban J connectivity index is 1.83. The van der Waals surface area contributed by atoms with Crippen molar-refractivity contribution in [2.75, 3.05) is 24.1 Å². The maximum atomic E-state index is 5.88. The molecule has 3 rings (SSSR count). The van der Waals surface area contributed by atoms with Gasteiger partial charge in [0.1, 0.15) is 5.82 Å². The molecular weight excluding hydrogens is 250 g/mol. The van der Waals surface area contributed by atoms with Crippen molar-refractivity contribution in [2.24, 2.45) is 5.73 Å². The molecule has 1 aliphatic carbocycles. The lowest BCUT2D eigenvalue weighted by Gasteiger charge is -2.11. The molecule has 0 fully saturated rings. The van der Waals surface area contributed by atoms with Gasteiger partial charge >= 0.3 is 0 Å². The van der Waals surface area contributed by atoms with Gasteiger partial charge in [-0.1, -0.05) is 24.3 Å². The molecule has 5 N–H and O–H groups in total. The van der Waals surface area contributed by atoms with Crippen molar-refractivity contribution in [1.82, 2.24) is 9.97 Å². The summed E-state index contributed by atoms with van der Waals surface area (Å²) in [6.07, 6.45) is 2.03. The lowest BCUT2D eigenvalue weighted by Crippen LogP contribution is -2.16. The molecule has 1 aromatic carbocycles. The van der Waals surface area contributed by atoms with E-state index in [-0.39, 0.29) is 0 Å². The molecule has 1 heterocycles. The van der Waals surface area contributed by atoms with Crippen LogP contribution >= 0.6 is 0 Å². The van der Waals surface area contributed by atoms with Crippen LogP contribution in [0.25, 0.3) is 0 Å². The van der Waals surface area contributed by atoms with Crippen molar-refractivity contribution in [3.8, 4) is 0 Å². The quantitative estimate of drug-likeness (QED) is 0.778. The predicted octanol–water partition coefficient (Wildman–Crippen LogP) is 1.31. The van der Waals surface area contributed by atoms with Gasteiger partial charge < -0.3 is 16.8 Å². The van der Waals surface area contributed by atoms with Crippen LogP contribution in [-0.4, -0.2) is 23.1 Å². The number of rotatable bonds is 4. The minimum atomic E-state index is 0.385. The van der Waals surface area contributed by atoms with E-state index in [1.807, 2.05) is 6.07 Å². The molecule has 104 valence electrons. The number of hydrogen-bond acceptors (Lipinski definition) is 5. The Morgan fingerprint density at radius 2 is 1.85 bits per heavy atom. The van der Waals surface area contributed by atoms with Gasteiger partial charge in [-0.3, -0.25) is 0 Å². The molecule has 0 saturated heterocycles. The molecule has 0 radical (unpaired) electrons. The maximum absolute atomic E-state index is 5.88. The third kappa shape index (κ3) is 2.58. The fourth-order valence-electron chi connectivity index (χ4n) is 2.73. The van der Waals surface area contributed by atoms with Gasteiger partial charge in [0.25, 0.3) is 0 Å². The smallest absolute Gasteiger partial charge is 0.224 e. The van der Waals surface area contributed by atoms with E-state index in [0.29, 0.717) is 30.8 Å². The number of nitrogens with zero attached hydrogens (tertiary/aromatic N) is 2. The Hall–Kier alpha value is -2.14. The first-order chi connectivity index (χ1) is 9.76. The first kappa shape index (κ1) is 12.9. The van der Waals surface area contributed by atoms with Crippen molar-refractivity contribution in [2.45, 2.75) is 18.8 Å². The van der Waals surface area contributed by atoms with E-state index >= 15 is 0 Å². The van der Waals surface area contributed by atoms with E-state index in [0.717, 1.165) is 18.5 Å². The average molecular weight is 269 g/mol. The number of anilines is 2. The van der Waals surface area contributed by atoms with E-state index in [9.17, 15) is 0 Å². The van der Waals surface area contributed by atoms with Crippen LogP contribution in [0.15, 0.2) is 30.3 Å². The molecule has 5 nitrogen and oxygen atoms in total. The molecule has 5 heteroatoms. The van der Waals surface area contributed by atoms with Crippen LogP contribution in [0.3, 0.4) is 0 Å². The predicted molar refractivity (Wildman–Crippen MR) is 80.6 cm³/mol. The molecular formula is C15H19N5. The zero-order valence-corrected chi connectivity index (χ0v) is 11.3. The van der Waals surface area contributed by atoms with Crippen LogP contribution in [0.2, 0.25) is 0 Å². The van der Waals surface area contributed by atoms with Gasteiger partial charge in [-0.2, -0.15) is 4.98 Å². The number of nitrogens with two attached hydrogens (primary N) is 2. The SMILES string of the molecule is NCCNc1nc(N)cc(C2Cc3ccccc3C2)n1. The number of aromatic nitrogens is 2. The Morgan fingerprint density at radius 1 is 1.15 bits per heavy atom. The van der Waals surface area contributed by atoms with Crippen LogP contribution in [0, 0.1) is 0 Å². The molecule has 0 unspecified atom stereocenters. The normalized spacial score (nSPS) is 14.2. The third-order valence-corrected chi connectivity index (χ3v) is 3.66. The summed E-state index contributed by atoms with van der Waals surface area (Å²) in [5.41, 5.74) is 15.2. The molecule has 0 saturated carbocycles. The Morgan fingerprint density at radius 3 is 2.50 bits per heavy atom. The molecule has 1 aromatic heterocycles. The summed E-state index contributed by atoms with van der Waals surface area (Å²) >= 11 is 0. The zero-order chi connectivity index (χ0) is 13.9. The van der Waals surface area contributed by atoms with E-state index in [2.05, 4.69) is 39.6 Å². The summed E-state index contributed by atoms with van der Waals surface area (Å²) in [7, 11) is 0. The third-order valence-electron chi connectivity index (χ3n) is 3.66. The number of benzene rings is 1. The van der Waals surface area contributed by atoms with E-state index in [1.54, 1.807) is 0 Å². The Kier molecular flexibility index (Phi) is 3.52. The first-order valence-corrected chi connectivity index (χ1v) is 6.91. The highest BCUT2D eigenvalue weighted by molar-refractivity contribution is 5.43. The summed E-state index contributed by atoms with van der Waals surface area (Å²) in [4.78, 5) is 8.77. The summed E-state index contributed by atoms with van der Waals surface area (Å²) < 4.78 is 0. The van der Waals surface area contributed by atoms with E-state index < -0.39 is 0 Å². The van der Waals surface area contributed by atoms with Gasteiger partial charge in [0.15, 0.2) is 0 Å². The molecule has 0 bridgehead atoms. The second kappa shape index (κ2) is 5.46. The zero-order valence-electron chi connectivity index (χ0n) is 11.3. The number of hydrogen-bond donors (Lipinski definition) is 3. The fraction of sp³-hybridized carbons (Fsp3) is 0.333. The van der Waals surface area contributed by atoms with Crippen molar-refractivity contribution in [1.29, 1.82) is 0 Å². The number of nitrogens with one attached hydrogen (secondary N) is 1. The van der Waals surface area contributed by atoms with E-state index in [1.165, 1.54) is 11.1 Å². The van der Waals surface area contributed by atoms with Crippen molar-refractivity contribution in [3.05, 3.63) is 47.2 Å². The maximum Gasteiger partial charge on any atom is 0.224 e. The number of fused-ring (bicyclic) bond motifs is 1. The van der Waals surface area contributed by atoms with Gasteiger partial charge in [-0.25, -0.2) is 4.98 Å². The number of nitrogen functional groups attached to an aromatic ring is 1. The second-order valence-electron chi connectivity index (χ2n) is 5.13. The molecule has 2 aromatic rings. The lowest BCUT2D eigenvalue weighted by atomic mass is 10.0. The van der Waals surface area contributed by atoms with Gasteiger partial charge in [-0.15, -0.1) is 0 Å².